The lowest BCUT2D eigenvalue weighted by Crippen LogP contribution is -2.19. The van der Waals surface area contributed by atoms with Gasteiger partial charge in [-0.15, -0.1) is 5.10 Å². The van der Waals surface area contributed by atoms with Crippen molar-refractivity contribution in [3.63, 3.8) is 0 Å². The van der Waals surface area contributed by atoms with E-state index in [4.69, 9.17) is 5.73 Å². The van der Waals surface area contributed by atoms with Crippen LogP contribution in [0.1, 0.15) is 25.2 Å². The monoisotopic (exact) mass is 245 g/mol. The third-order valence-electron chi connectivity index (χ3n) is 2.72. The smallest absolute Gasteiger partial charge is 0.167 e. The molecule has 0 aliphatic carbocycles. The number of sulfone groups is 1. The van der Waals surface area contributed by atoms with E-state index >= 15 is 0 Å². The van der Waals surface area contributed by atoms with Crippen molar-refractivity contribution < 1.29 is 8.42 Å². The van der Waals surface area contributed by atoms with E-state index in [1.165, 1.54) is 0 Å². The summed E-state index contributed by atoms with van der Waals surface area (Å²) < 4.78 is 24.2. The summed E-state index contributed by atoms with van der Waals surface area (Å²) in [6.45, 7) is 2.33. The van der Waals surface area contributed by atoms with Crippen molar-refractivity contribution >= 4 is 9.84 Å². The van der Waals surface area contributed by atoms with Crippen molar-refractivity contribution in [2.75, 3.05) is 11.5 Å². The van der Waals surface area contributed by atoms with Crippen LogP contribution in [0.3, 0.4) is 0 Å². The number of nitrogens with two attached hydrogens (primary N) is 1. The second kappa shape index (κ2) is 4.10. The van der Waals surface area contributed by atoms with Crippen molar-refractivity contribution in [1.29, 1.82) is 0 Å². The van der Waals surface area contributed by atoms with Crippen LogP contribution in [-0.4, -0.2) is 40.1 Å². The fourth-order valence-corrected chi connectivity index (χ4v) is 3.78. The Labute approximate surface area is 93.9 Å². The van der Waals surface area contributed by atoms with Crippen LogP contribution in [-0.2, 0) is 16.4 Å². The molecule has 0 radical (unpaired) electrons. The molecule has 2 heterocycles. The molecule has 2 unspecified atom stereocenters. The summed E-state index contributed by atoms with van der Waals surface area (Å²) in [5.74, 6) is 1.20. The lowest BCUT2D eigenvalue weighted by molar-refractivity contribution is 0.430. The van der Waals surface area contributed by atoms with E-state index in [9.17, 15) is 8.42 Å². The summed E-state index contributed by atoms with van der Waals surface area (Å²) in [4.78, 5) is 0. The fraction of sp³-hybridized carbons (Fsp3) is 0.875. The highest BCUT2D eigenvalue weighted by Crippen LogP contribution is 2.20. The van der Waals surface area contributed by atoms with E-state index in [1.54, 1.807) is 11.6 Å². The van der Waals surface area contributed by atoms with Crippen LogP contribution < -0.4 is 5.73 Å². The molecule has 0 saturated carbocycles. The molecule has 7 nitrogen and oxygen atoms in total. The van der Waals surface area contributed by atoms with Gasteiger partial charge in [-0.3, -0.25) is 0 Å². The minimum absolute atomic E-state index is 0.103. The van der Waals surface area contributed by atoms with Gasteiger partial charge in [-0.2, -0.15) is 0 Å². The maximum Gasteiger partial charge on any atom is 0.167 e. The van der Waals surface area contributed by atoms with E-state index in [0.29, 0.717) is 18.8 Å². The minimum atomic E-state index is -2.84. The number of tetrazole rings is 1. The molecular formula is C8H15N5O2S. The Balaban J connectivity index is 2.08. The topological polar surface area (TPSA) is 104 Å². The standard InChI is InChI=1S/C8H15N5O2S/c1-6(9)8-10-11-12-13(8)4-7-2-3-16(14,15)5-7/h6-7H,2-5,9H2,1H3. The third-order valence-corrected chi connectivity index (χ3v) is 4.56. The number of aromatic nitrogens is 4. The highest BCUT2D eigenvalue weighted by Gasteiger charge is 2.29. The molecule has 0 aromatic carbocycles. The molecule has 0 bridgehead atoms. The molecule has 1 aliphatic rings. The molecule has 2 rings (SSSR count). The molecule has 0 spiro atoms. The van der Waals surface area contributed by atoms with Gasteiger partial charge in [0.05, 0.1) is 17.5 Å². The Morgan fingerprint density at radius 3 is 2.94 bits per heavy atom. The zero-order chi connectivity index (χ0) is 11.8. The Morgan fingerprint density at radius 1 is 1.62 bits per heavy atom. The SMILES string of the molecule is CC(N)c1nnnn1CC1CCS(=O)(=O)C1. The van der Waals surface area contributed by atoms with Gasteiger partial charge in [-0.05, 0) is 29.7 Å². The zero-order valence-electron chi connectivity index (χ0n) is 9.07. The summed E-state index contributed by atoms with van der Waals surface area (Å²) in [5, 5.41) is 11.2. The second-order valence-electron chi connectivity index (χ2n) is 4.28. The molecule has 0 amide bonds. The van der Waals surface area contributed by atoms with Crippen molar-refractivity contribution in [2.45, 2.75) is 25.9 Å². The van der Waals surface area contributed by atoms with Crippen molar-refractivity contribution in [2.24, 2.45) is 11.7 Å². The van der Waals surface area contributed by atoms with Crippen LogP contribution in [0.4, 0.5) is 0 Å². The van der Waals surface area contributed by atoms with E-state index in [-0.39, 0.29) is 23.5 Å². The number of nitrogens with zero attached hydrogens (tertiary/aromatic N) is 4. The van der Waals surface area contributed by atoms with Gasteiger partial charge in [0, 0.05) is 6.54 Å². The molecular weight excluding hydrogens is 230 g/mol. The van der Waals surface area contributed by atoms with E-state index in [1.807, 2.05) is 0 Å². The van der Waals surface area contributed by atoms with Crippen LogP contribution in [0.2, 0.25) is 0 Å². The maximum absolute atomic E-state index is 11.3. The van der Waals surface area contributed by atoms with Crippen LogP contribution in [0.25, 0.3) is 0 Å². The molecule has 1 aliphatic heterocycles. The number of hydrogen-bond donors (Lipinski definition) is 1. The third kappa shape index (κ3) is 2.38. The average Bonchev–Trinajstić information content (AvgIpc) is 2.73. The molecule has 90 valence electrons. The van der Waals surface area contributed by atoms with Gasteiger partial charge in [0.2, 0.25) is 0 Å². The first-order chi connectivity index (χ1) is 7.48. The predicted octanol–water partition coefficient (Wildman–Crippen LogP) is -0.872. The van der Waals surface area contributed by atoms with Gasteiger partial charge >= 0.3 is 0 Å². The Bertz CT molecular complexity index is 467. The Hall–Kier alpha value is -1.02. The molecule has 16 heavy (non-hydrogen) atoms. The van der Waals surface area contributed by atoms with Gasteiger partial charge < -0.3 is 5.73 Å². The van der Waals surface area contributed by atoms with Crippen LogP contribution in [0.5, 0.6) is 0 Å². The lowest BCUT2D eigenvalue weighted by Gasteiger charge is -2.10. The molecule has 8 heteroatoms. The second-order valence-corrected chi connectivity index (χ2v) is 6.51. The summed E-state index contributed by atoms with van der Waals surface area (Å²) in [5.41, 5.74) is 5.70. The van der Waals surface area contributed by atoms with Gasteiger partial charge in [-0.1, -0.05) is 0 Å². The largest absolute Gasteiger partial charge is 0.322 e. The lowest BCUT2D eigenvalue weighted by atomic mass is 10.1. The average molecular weight is 245 g/mol. The summed E-state index contributed by atoms with van der Waals surface area (Å²) in [6.07, 6.45) is 0.681. The minimum Gasteiger partial charge on any atom is -0.322 e. The quantitative estimate of drug-likeness (QED) is 0.742. The molecule has 1 aromatic rings. The van der Waals surface area contributed by atoms with E-state index < -0.39 is 9.84 Å². The first kappa shape index (κ1) is 11.5. The van der Waals surface area contributed by atoms with Crippen LogP contribution in [0.15, 0.2) is 0 Å². The summed E-state index contributed by atoms with van der Waals surface area (Å²) in [6, 6.07) is -0.243. The fourth-order valence-electron chi connectivity index (χ4n) is 1.93. The molecule has 1 fully saturated rings. The highest BCUT2D eigenvalue weighted by atomic mass is 32.2. The van der Waals surface area contributed by atoms with Crippen molar-refractivity contribution in [3.8, 4) is 0 Å². The van der Waals surface area contributed by atoms with E-state index in [0.717, 1.165) is 0 Å². The number of hydrogen-bond acceptors (Lipinski definition) is 6. The van der Waals surface area contributed by atoms with Crippen LogP contribution >= 0.6 is 0 Å². The van der Waals surface area contributed by atoms with Gasteiger partial charge in [0.15, 0.2) is 15.7 Å². The molecule has 2 atom stereocenters. The highest BCUT2D eigenvalue weighted by molar-refractivity contribution is 7.91. The first-order valence-electron chi connectivity index (χ1n) is 5.20. The van der Waals surface area contributed by atoms with E-state index in [2.05, 4.69) is 15.5 Å². The van der Waals surface area contributed by atoms with Crippen molar-refractivity contribution in [1.82, 2.24) is 20.2 Å². The normalized spacial score (nSPS) is 25.8. The van der Waals surface area contributed by atoms with Gasteiger partial charge in [0.25, 0.3) is 0 Å². The Morgan fingerprint density at radius 2 is 2.38 bits per heavy atom. The predicted molar refractivity (Wildman–Crippen MR) is 57.2 cm³/mol. The van der Waals surface area contributed by atoms with Gasteiger partial charge in [0.1, 0.15) is 0 Å². The van der Waals surface area contributed by atoms with Crippen molar-refractivity contribution in [3.05, 3.63) is 5.82 Å². The first-order valence-corrected chi connectivity index (χ1v) is 7.02. The molecule has 1 aromatic heterocycles. The summed E-state index contributed by atoms with van der Waals surface area (Å²) in [7, 11) is -2.84. The van der Waals surface area contributed by atoms with Crippen LogP contribution in [0, 0.1) is 5.92 Å². The van der Waals surface area contributed by atoms with Gasteiger partial charge in [-0.25, -0.2) is 13.1 Å². The maximum atomic E-state index is 11.3. The number of rotatable bonds is 3. The zero-order valence-corrected chi connectivity index (χ0v) is 9.89. The Kier molecular flexibility index (Phi) is 2.94. The molecule has 2 N–H and O–H groups in total. The summed E-state index contributed by atoms with van der Waals surface area (Å²) >= 11 is 0. The molecule has 1 saturated heterocycles.